The van der Waals surface area contributed by atoms with Crippen LogP contribution in [0.25, 0.3) is 10.9 Å². The number of guanidine groups is 1. The molecule has 4 rings (SSSR count). The summed E-state index contributed by atoms with van der Waals surface area (Å²) in [5, 5.41) is 7.54. The number of hydrogen-bond donors (Lipinski definition) is 3. The molecule has 31 heavy (non-hydrogen) atoms. The van der Waals surface area contributed by atoms with E-state index in [-0.39, 0.29) is 29.8 Å². The highest BCUT2D eigenvalue weighted by Crippen LogP contribution is 2.19. The minimum absolute atomic E-state index is 0. The summed E-state index contributed by atoms with van der Waals surface area (Å²) in [6.45, 7) is 2.03. The first-order valence-electron chi connectivity index (χ1n) is 9.97. The van der Waals surface area contributed by atoms with Crippen LogP contribution in [-0.4, -0.2) is 34.1 Å². The average Bonchev–Trinajstić information content (AvgIpc) is 3.38. The molecule has 0 atom stereocenters. The van der Waals surface area contributed by atoms with Gasteiger partial charge in [-0.25, -0.2) is 9.37 Å². The molecule has 0 saturated carbocycles. The molecule has 8 heteroatoms. The fraction of sp³-hybridized carbons (Fsp3) is 0.217. The Labute approximate surface area is 198 Å². The van der Waals surface area contributed by atoms with Gasteiger partial charge < -0.3 is 20.2 Å². The van der Waals surface area contributed by atoms with E-state index in [4.69, 9.17) is 0 Å². The molecule has 0 spiro atoms. The SMILES string of the molecule is CN=C(NCCc1c[nH]c2ccc(F)cc12)NCc1nccn1Cc1ccccc1.I. The Balaban J connectivity index is 0.00000272. The molecule has 0 fully saturated rings. The Bertz CT molecular complexity index is 1140. The predicted molar refractivity (Wildman–Crippen MR) is 133 cm³/mol. The molecule has 3 N–H and O–H groups in total. The number of fused-ring (bicyclic) bond motifs is 1. The van der Waals surface area contributed by atoms with E-state index in [9.17, 15) is 4.39 Å². The van der Waals surface area contributed by atoms with Gasteiger partial charge in [0, 0.05) is 49.6 Å². The fourth-order valence-corrected chi connectivity index (χ4v) is 3.49. The zero-order valence-corrected chi connectivity index (χ0v) is 19.6. The molecule has 2 aromatic carbocycles. The third-order valence-corrected chi connectivity index (χ3v) is 5.05. The fourth-order valence-electron chi connectivity index (χ4n) is 3.49. The summed E-state index contributed by atoms with van der Waals surface area (Å²) in [5.41, 5.74) is 3.25. The summed E-state index contributed by atoms with van der Waals surface area (Å²) in [6.07, 6.45) is 6.48. The highest BCUT2D eigenvalue weighted by Gasteiger charge is 2.07. The molecule has 0 radical (unpaired) electrons. The van der Waals surface area contributed by atoms with Crippen LogP contribution >= 0.6 is 24.0 Å². The normalized spacial score (nSPS) is 11.4. The van der Waals surface area contributed by atoms with Crippen molar-refractivity contribution in [2.75, 3.05) is 13.6 Å². The Morgan fingerprint density at radius 2 is 2.00 bits per heavy atom. The van der Waals surface area contributed by atoms with E-state index in [0.717, 1.165) is 35.3 Å². The van der Waals surface area contributed by atoms with E-state index in [2.05, 4.69) is 42.3 Å². The minimum Gasteiger partial charge on any atom is -0.361 e. The summed E-state index contributed by atoms with van der Waals surface area (Å²) >= 11 is 0. The Kier molecular flexibility index (Phi) is 8.05. The first-order valence-corrected chi connectivity index (χ1v) is 9.97. The number of halogens is 2. The number of hydrogen-bond acceptors (Lipinski definition) is 2. The van der Waals surface area contributed by atoms with E-state index in [1.165, 1.54) is 11.6 Å². The zero-order chi connectivity index (χ0) is 20.8. The van der Waals surface area contributed by atoms with Crippen molar-refractivity contribution in [1.29, 1.82) is 0 Å². The Morgan fingerprint density at radius 1 is 1.16 bits per heavy atom. The summed E-state index contributed by atoms with van der Waals surface area (Å²) in [6, 6.07) is 15.1. The van der Waals surface area contributed by atoms with Crippen LogP contribution in [0.2, 0.25) is 0 Å². The van der Waals surface area contributed by atoms with Crippen molar-refractivity contribution in [2.45, 2.75) is 19.5 Å². The smallest absolute Gasteiger partial charge is 0.191 e. The molecule has 0 saturated heterocycles. The molecule has 6 nitrogen and oxygen atoms in total. The molecule has 0 aliphatic carbocycles. The number of aromatic nitrogens is 3. The van der Waals surface area contributed by atoms with Crippen LogP contribution < -0.4 is 10.6 Å². The van der Waals surface area contributed by atoms with Crippen molar-refractivity contribution in [1.82, 2.24) is 25.2 Å². The van der Waals surface area contributed by atoms with Crippen LogP contribution in [0.1, 0.15) is 17.0 Å². The summed E-state index contributed by atoms with van der Waals surface area (Å²) in [7, 11) is 1.74. The van der Waals surface area contributed by atoms with Crippen molar-refractivity contribution in [2.24, 2.45) is 4.99 Å². The highest BCUT2D eigenvalue weighted by molar-refractivity contribution is 14.0. The lowest BCUT2D eigenvalue weighted by molar-refractivity contribution is 0.629. The quantitative estimate of drug-likeness (QED) is 0.191. The van der Waals surface area contributed by atoms with Gasteiger partial charge in [0.05, 0.1) is 6.54 Å². The summed E-state index contributed by atoms with van der Waals surface area (Å²) in [4.78, 5) is 11.9. The molecular weight excluding hydrogens is 506 g/mol. The van der Waals surface area contributed by atoms with Gasteiger partial charge >= 0.3 is 0 Å². The average molecular weight is 532 g/mol. The van der Waals surface area contributed by atoms with E-state index < -0.39 is 0 Å². The number of H-pyrrole nitrogens is 1. The molecular formula is C23H26FIN6. The largest absolute Gasteiger partial charge is 0.361 e. The van der Waals surface area contributed by atoms with Crippen molar-refractivity contribution >= 4 is 40.8 Å². The van der Waals surface area contributed by atoms with Gasteiger partial charge in [-0.3, -0.25) is 4.99 Å². The number of aliphatic imine (C=N–C) groups is 1. The number of rotatable bonds is 7. The monoisotopic (exact) mass is 532 g/mol. The molecule has 0 aliphatic rings. The van der Waals surface area contributed by atoms with Gasteiger partial charge in [0.1, 0.15) is 11.6 Å². The molecule has 162 valence electrons. The minimum atomic E-state index is -0.222. The summed E-state index contributed by atoms with van der Waals surface area (Å²) in [5.74, 6) is 1.42. The number of nitrogens with one attached hydrogen (secondary N) is 3. The van der Waals surface area contributed by atoms with Crippen LogP contribution in [0.5, 0.6) is 0 Å². The van der Waals surface area contributed by atoms with Gasteiger partial charge in [-0.2, -0.15) is 0 Å². The second kappa shape index (κ2) is 10.9. The van der Waals surface area contributed by atoms with Gasteiger partial charge in [-0.05, 0) is 35.7 Å². The summed E-state index contributed by atoms with van der Waals surface area (Å²) < 4.78 is 15.7. The molecule has 0 amide bonds. The lowest BCUT2D eigenvalue weighted by atomic mass is 10.1. The first kappa shape index (κ1) is 22.8. The van der Waals surface area contributed by atoms with Crippen molar-refractivity contribution in [3.63, 3.8) is 0 Å². The first-order chi connectivity index (χ1) is 14.7. The van der Waals surface area contributed by atoms with Gasteiger partial charge in [0.15, 0.2) is 5.96 Å². The standard InChI is InChI=1S/C23H25FN6.HI/c1-25-23(27-10-9-18-14-28-21-8-7-19(24)13-20(18)21)29-15-22-26-11-12-30(22)16-17-5-3-2-4-6-17;/h2-8,11-14,28H,9-10,15-16H2,1H3,(H2,25,27,29);1H. The Morgan fingerprint density at radius 3 is 2.81 bits per heavy atom. The van der Waals surface area contributed by atoms with Gasteiger partial charge in [-0.15, -0.1) is 24.0 Å². The number of benzene rings is 2. The second-order valence-electron chi connectivity index (χ2n) is 7.06. The molecule has 0 bridgehead atoms. The molecule has 4 aromatic rings. The van der Waals surface area contributed by atoms with Gasteiger partial charge in [0.25, 0.3) is 0 Å². The topological polar surface area (TPSA) is 70.0 Å². The van der Waals surface area contributed by atoms with Gasteiger partial charge in [-0.1, -0.05) is 30.3 Å². The molecule has 0 unspecified atom stereocenters. The van der Waals surface area contributed by atoms with E-state index in [1.807, 2.05) is 36.8 Å². The van der Waals surface area contributed by atoms with E-state index >= 15 is 0 Å². The van der Waals surface area contributed by atoms with Crippen molar-refractivity contribution in [3.8, 4) is 0 Å². The van der Waals surface area contributed by atoms with E-state index in [0.29, 0.717) is 19.0 Å². The maximum atomic E-state index is 13.5. The van der Waals surface area contributed by atoms with Crippen LogP contribution in [0.15, 0.2) is 72.1 Å². The number of imidazole rings is 1. The third-order valence-electron chi connectivity index (χ3n) is 5.05. The lowest BCUT2D eigenvalue weighted by Gasteiger charge is -2.13. The van der Waals surface area contributed by atoms with Crippen LogP contribution in [0.4, 0.5) is 4.39 Å². The predicted octanol–water partition coefficient (Wildman–Crippen LogP) is 4.08. The van der Waals surface area contributed by atoms with Crippen LogP contribution in [-0.2, 0) is 19.5 Å². The van der Waals surface area contributed by atoms with Crippen LogP contribution in [0.3, 0.4) is 0 Å². The molecule has 0 aliphatic heterocycles. The number of nitrogens with zero attached hydrogens (tertiary/aromatic N) is 3. The van der Waals surface area contributed by atoms with Crippen molar-refractivity contribution < 1.29 is 4.39 Å². The lowest BCUT2D eigenvalue weighted by Crippen LogP contribution is -2.38. The van der Waals surface area contributed by atoms with Gasteiger partial charge in [0.2, 0.25) is 0 Å². The maximum absolute atomic E-state index is 13.5. The highest BCUT2D eigenvalue weighted by atomic mass is 127. The molecule has 2 heterocycles. The number of aromatic amines is 1. The third kappa shape index (κ3) is 5.84. The molecule has 2 aromatic heterocycles. The van der Waals surface area contributed by atoms with Crippen molar-refractivity contribution in [3.05, 3.63) is 89.9 Å². The van der Waals surface area contributed by atoms with Crippen LogP contribution in [0, 0.1) is 5.82 Å². The second-order valence-corrected chi connectivity index (χ2v) is 7.06. The Hall–Kier alpha value is -2.88. The van der Waals surface area contributed by atoms with E-state index in [1.54, 1.807) is 19.2 Å². The maximum Gasteiger partial charge on any atom is 0.191 e. The zero-order valence-electron chi connectivity index (χ0n) is 17.3.